The molecule has 1 amide bonds. The van der Waals surface area contributed by atoms with E-state index < -0.39 is 0 Å². The summed E-state index contributed by atoms with van der Waals surface area (Å²) < 4.78 is 16.3. The Hall–Kier alpha value is -1.33. The second-order valence-electron chi connectivity index (χ2n) is 5.28. The molecule has 1 unspecified atom stereocenters. The summed E-state index contributed by atoms with van der Waals surface area (Å²) in [5.74, 6) is 0.733. The van der Waals surface area contributed by atoms with Gasteiger partial charge in [0.05, 0.1) is 43.2 Å². The maximum atomic E-state index is 12.7. The lowest BCUT2D eigenvalue weighted by Crippen LogP contribution is -2.60. The number of morpholine rings is 1. The Morgan fingerprint density at radius 2 is 2.05 bits per heavy atom. The average Bonchev–Trinajstić information content (AvgIpc) is 2.82. The Kier molecular flexibility index (Phi) is 3.33. The second-order valence-corrected chi connectivity index (χ2v) is 5.28. The van der Waals surface area contributed by atoms with E-state index in [1.807, 2.05) is 11.8 Å². The first kappa shape index (κ1) is 12.7. The molecule has 19 heavy (non-hydrogen) atoms. The molecule has 0 radical (unpaired) electrons. The molecular weight excluding hydrogens is 246 g/mol. The number of nitrogens with zero attached hydrogens (tertiary/aromatic N) is 1. The van der Waals surface area contributed by atoms with Crippen molar-refractivity contribution in [1.29, 1.82) is 0 Å². The average molecular weight is 265 g/mol. The van der Waals surface area contributed by atoms with Gasteiger partial charge in [-0.2, -0.15) is 0 Å². The van der Waals surface area contributed by atoms with Crippen molar-refractivity contribution in [2.45, 2.75) is 38.0 Å². The molecule has 2 fully saturated rings. The molecule has 5 nitrogen and oxygen atoms in total. The number of carbonyl (C=O) groups excluding carboxylic acids is 1. The van der Waals surface area contributed by atoms with E-state index in [0.717, 1.165) is 12.8 Å². The van der Waals surface area contributed by atoms with Crippen LogP contribution >= 0.6 is 0 Å². The number of carbonyl (C=O) groups is 1. The van der Waals surface area contributed by atoms with Gasteiger partial charge in [-0.25, -0.2) is 0 Å². The summed E-state index contributed by atoms with van der Waals surface area (Å²) in [6, 6.07) is 1.97. The Balaban J connectivity index is 1.84. The van der Waals surface area contributed by atoms with Gasteiger partial charge in [0.25, 0.3) is 5.91 Å². The molecule has 3 rings (SSSR count). The van der Waals surface area contributed by atoms with E-state index in [9.17, 15) is 4.79 Å². The Morgan fingerprint density at radius 1 is 1.37 bits per heavy atom. The molecule has 2 saturated heterocycles. The van der Waals surface area contributed by atoms with Gasteiger partial charge >= 0.3 is 0 Å². The lowest BCUT2D eigenvalue weighted by Gasteiger charge is -2.48. The Labute approximate surface area is 112 Å². The van der Waals surface area contributed by atoms with Crippen molar-refractivity contribution in [1.82, 2.24) is 4.90 Å². The third-order valence-corrected chi connectivity index (χ3v) is 4.13. The molecule has 0 saturated carbocycles. The first-order valence-corrected chi connectivity index (χ1v) is 6.68. The van der Waals surface area contributed by atoms with Crippen molar-refractivity contribution >= 4 is 5.91 Å². The Bertz CT molecular complexity index is 456. The maximum absolute atomic E-state index is 12.7. The fourth-order valence-corrected chi connectivity index (χ4v) is 3.14. The summed E-state index contributed by atoms with van der Waals surface area (Å²) in [6.07, 6.45) is 3.48. The van der Waals surface area contributed by atoms with Crippen LogP contribution in [0.5, 0.6) is 0 Å². The highest BCUT2D eigenvalue weighted by atomic mass is 16.5. The summed E-state index contributed by atoms with van der Waals surface area (Å²) in [6.45, 7) is 3.01. The number of hydrogen-bond acceptors (Lipinski definition) is 4. The van der Waals surface area contributed by atoms with Crippen LogP contribution < -0.4 is 0 Å². The van der Waals surface area contributed by atoms with E-state index in [4.69, 9.17) is 13.9 Å². The van der Waals surface area contributed by atoms with Crippen LogP contribution in [0.3, 0.4) is 0 Å². The van der Waals surface area contributed by atoms with Crippen molar-refractivity contribution in [3.63, 3.8) is 0 Å². The van der Waals surface area contributed by atoms with Crippen LogP contribution in [0.4, 0.5) is 0 Å². The topological polar surface area (TPSA) is 51.9 Å². The van der Waals surface area contributed by atoms with Crippen molar-refractivity contribution in [2.75, 3.05) is 20.3 Å². The van der Waals surface area contributed by atoms with Gasteiger partial charge in [-0.05, 0) is 25.8 Å². The molecule has 104 valence electrons. The first-order chi connectivity index (χ1) is 9.20. The van der Waals surface area contributed by atoms with Crippen LogP contribution in [0, 0.1) is 6.92 Å². The van der Waals surface area contributed by atoms with Gasteiger partial charge < -0.3 is 18.8 Å². The van der Waals surface area contributed by atoms with E-state index >= 15 is 0 Å². The van der Waals surface area contributed by atoms with E-state index in [-0.39, 0.29) is 24.1 Å². The van der Waals surface area contributed by atoms with Gasteiger partial charge in [0, 0.05) is 7.11 Å². The van der Waals surface area contributed by atoms with Gasteiger partial charge in [0.15, 0.2) is 0 Å². The van der Waals surface area contributed by atoms with Gasteiger partial charge in [0.2, 0.25) is 0 Å². The molecule has 2 aliphatic rings. The predicted octanol–water partition coefficient (Wildman–Crippen LogP) is 1.61. The van der Waals surface area contributed by atoms with Crippen molar-refractivity contribution in [2.24, 2.45) is 0 Å². The summed E-state index contributed by atoms with van der Waals surface area (Å²) in [5.41, 5.74) is 0.660. The molecule has 0 aromatic carbocycles. The van der Waals surface area contributed by atoms with Crippen LogP contribution in [-0.2, 0) is 9.47 Å². The van der Waals surface area contributed by atoms with E-state index in [2.05, 4.69) is 0 Å². The SMILES string of the molecule is COC1C[C@H]2COC[C@@H](C1)N2C(=O)c1ccoc1C. The number of amides is 1. The van der Waals surface area contributed by atoms with Crippen LogP contribution in [0.25, 0.3) is 0 Å². The number of piperidine rings is 1. The molecule has 1 aromatic rings. The van der Waals surface area contributed by atoms with E-state index in [1.54, 1.807) is 19.4 Å². The molecule has 2 aliphatic heterocycles. The van der Waals surface area contributed by atoms with Gasteiger partial charge in [-0.15, -0.1) is 0 Å². The maximum Gasteiger partial charge on any atom is 0.258 e. The quantitative estimate of drug-likeness (QED) is 0.815. The smallest absolute Gasteiger partial charge is 0.258 e. The minimum Gasteiger partial charge on any atom is -0.469 e. The monoisotopic (exact) mass is 265 g/mol. The molecule has 0 aliphatic carbocycles. The van der Waals surface area contributed by atoms with E-state index in [0.29, 0.717) is 24.5 Å². The molecule has 5 heteroatoms. The highest BCUT2D eigenvalue weighted by Gasteiger charge is 2.42. The molecular formula is C14H19NO4. The van der Waals surface area contributed by atoms with Crippen molar-refractivity contribution < 1.29 is 18.7 Å². The fourth-order valence-electron chi connectivity index (χ4n) is 3.14. The molecule has 3 atom stereocenters. The Morgan fingerprint density at radius 3 is 2.58 bits per heavy atom. The van der Waals surface area contributed by atoms with Crippen molar-refractivity contribution in [3.8, 4) is 0 Å². The summed E-state index contributed by atoms with van der Waals surface area (Å²) in [5, 5.41) is 0. The number of methoxy groups -OCH3 is 1. The third-order valence-electron chi connectivity index (χ3n) is 4.13. The number of aryl methyl sites for hydroxylation is 1. The summed E-state index contributed by atoms with van der Waals surface area (Å²) in [4.78, 5) is 14.6. The molecule has 2 bridgehead atoms. The minimum atomic E-state index is 0.0547. The standard InChI is InChI=1S/C14H19NO4/c1-9-13(3-4-19-9)14(16)15-10-5-12(17-2)6-11(15)8-18-7-10/h3-4,10-12H,5-8H2,1-2H3/t10-,11+,12?. The second kappa shape index (κ2) is 4.98. The number of ether oxygens (including phenoxy) is 2. The number of furan rings is 1. The van der Waals surface area contributed by atoms with Crippen LogP contribution in [0.1, 0.15) is 29.0 Å². The highest BCUT2D eigenvalue weighted by Crippen LogP contribution is 2.31. The normalized spacial score (nSPS) is 30.4. The number of hydrogen-bond donors (Lipinski definition) is 0. The highest BCUT2D eigenvalue weighted by molar-refractivity contribution is 5.95. The van der Waals surface area contributed by atoms with Gasteiger partial charge in [0.1, 0.15) is 5.76 Å². The summed E-state index contributed by atoms with van der Waals surface area (Å²) in [7, 11) is 1.74. The zero-order valence-electron chi connectivity index (χ0n) is 11.3. The number of rotatable bonds is 2. The van der Waals surface area contributed by atoms with Crippen LogP contribution in [0.2, 0.25) is 0 Å². The van der Waals surface area contributed by atoms with Gasteiger partial charge in [-0.1, -0.05) is 0 Å². The van der Waals surface area contributed by atoms with Gasteiger partial charge in [-0.3, -0.25) is 4.79 Å². The lowest BCUT2D eigenvalue weighted by molar-refractivity contribution is -0.0952. The van der Waals surface area contributed by atoms with E-state index in [1.165, 1.54) is 0 Å². The predicted molar refractivity (Wildman–Crippen MR) is 68.0 cm³/mol. The lowest BCUT2D eigenvalue weighted by atomic mass is 9.91. The molecule has 0 spiro atoms. The molecule has 3 heterocycles. The molecule has 0 N–H and O–H groups in total. The van der Waals surface area contributed by atoms with Crippen LogP contribution in [-0.4, -0.2) is 49.3 Å². The fraction of sp³-hybridized carbons (Fsp3) is 0.643. The van der Waals surface area contributed by atoms with Crippen LogP contribution in [0.15, 0.2) is 16.7 Å². The zero-order valence-corrected chi connectivity index (χ0v) is 11.3. The number of fused-ring (bicyclic) bond motifs is 2. The first-order valence-electron chi connectivity index (χ1n) is 6.68. The third kappa shape index (κ3) is 2.17. The zero-order chi connectivity index (χ0) is 13.4. The van der Waals surface area contributed by atoms with Crippen molar-refractivity contribution in [3.05, 3.63) is 23.7 Å². The largest absolute Gasteiger partial charge is 0.469 e. The minimum absolute atomic E-state index is 0.0547. The summed E-state index contributed by atoms with van der Waals surface area (Å²) >= 11 is 0. The molecule has 1 aromatic heterocycles.